The van der Waals surface area contributed by atoms with Gasteiger partial charge in [-0.15, -0.1) is 0 Å². The molecule has 2 aliphatic heterocycles. The van der Waals surface area contributed by atoms with Gasteiger partial charge in [-0.2, -0.15) is 0 Å². The lowest BCUT2D eigenvalue weighted by Crippen LogP contribution is -2.30. The highest BCUT2D eigenvalue weighted by atomic mass is 16.5. The van der Waals surface area contributed by atoms with Crippen molar-refractivity contribution in [3.05, 3.63) is 29.3 Å². The predicted molar refractivity (Wildman–Crippen MR) is 80.5 cm³/mol. The molecule has 0 fully saturated rings. The van der Waals surface area contributed by atoms with Crippen LogP contribution in [0.15, 0.2) is 18.2 Å². The molecule has 0 radical (unpaired) electrons. The second-order valence-corrected chi connectivity index (χ2v) is 6.31. The van der Waals surface area contributed by atoms with E-state index in [4.69, 9.17) is 14.2 Å². The fraction of sp³-hybridized carbons (Fsp3) is 0.412. The van der Waals surface area contributed by atoms with Gasteiger partial charge in [-0.05, 0) is 52.0 Å². The van der Waals surface area contributed by atoms with Gasteiger partial charge in [0.15, 0.2) is 0 Å². The molecule has 106 valence electrons. The molecule has 2 heterocycles. The minimum Gasteiger partial charge on any atom is -0.496 e. The summed E-state index contributed by atoms with van der Waals surface area (Å²) in [5, 5.41) is 0. The molecule has 0 atom stereocenters. The molecule has 3 nitrogen and oxygen atoms in total. The molecular formula is C17H20O3. The molecule has 0 aromatic heterocycles. The summed E-state index contributed by atoms with van der Waals surface area (Å²) in [5.41, 5.74) is 1.32. The summed E-state index contributed by atoms with van der Waals surface area (Å²) >= 11 is 0. The summed E-state index contributed by atoms with van der Waals surface area (Å²) in [6, 6.07) is 1.94. The molecule has 0 spiro atoms. The Morgan fingerprint density at radius 2 is 1.50 bits per heavy atom. The third-order valence-corrected chi connectivity index (χ3v) is 3.54. The van der Waals surface area contributed by atoms with E-state index in [-0.39, 0.29) is 11.2 Å². The second-order valence-electron chi connectivity index (χ2n) is 6.31. The Labute approximate surface area is 119 Å². The van der Waals surface area contributed by atoms with Crippen LogP contribution in [0.3, 0.4) is 0 Å². The van der Waals surface area contributed by atoms with E-state index in [1.54, 1.807) is 7.11 Å². The normalized spacial score (nSPS) is 20.4. The number of ether oxygens (including phenoxy) is 3. The summed E-state index contributed by atoms with van der Waals surface area (Å²) < 4.78 is 17.6. The fourth-order valence-electron chi connectivity index (χ4n) is 2.50. The van der Waals surface area contributed by atoms with Crippen LogP contribution < -0.4 is 14.2 Å². The summed E-state index contributed by atoms with van der Waals surface area (Å²) in [6.45, 7) is 8.14. The molecule has 0 N–H and O–H groups in total. The third kappa shape index (κ3) is 2.07. The SMILES string of the molecule is COc1cc2c(c3c1C=CC(C)(C)O3)C=CC(C)(C)O2. The van der Waals surface area contributed by atoms with E-state index in [0.717, 1.165) is 28.4 Å². The minimum atomic E-state index is -0.325. The van der Waals surface area contributed by atoms with Crippen molar-refractivity contribution in [1.82, 2.24) is 0 Å². The number of fused-ring (bicyclic) bond motifs is 3. The first kappa shape index (κ1) is 13.1. The first-order chi connectivity index (χ1) is 9.31. The van der Waals surface area contributed by atoms with Crippen molar-refractivity contribution in [2.24, 2.45) is 0 Å². The van der Waals surface area contributed by atoms with E-state index in [1.165, 1.54) is 0 Å². The van der Waals surface area contributed by atoms with E-state index < -0.39 is 0 Å². The molecule has 2 aliphatic rings. The smallest absolute Gasteiger partial charge is 0.142 e. The number of hydrogen-bond acceptors (Lipinski definition) is 3. The summed E-state index contributed by atoms with van der Waals surface area (Å²) in [5.74, 6) is 2.41. The zero-order valence-electron chi connectivity index (χ0n) is 12.6. The minimum absolute atomic E-state index is 0.313. The lowest BCUT2D eigenvalue weighted by molar-refractivity contribution is 0.144. The van der Waals surface area contributed by atoms with Crippen LogP contribution in [0.25, 0.3) is 12.2 Å². The van der Waals surface area contributed by atoms with Crippen LogP contribution in [0.1, 0.15) is 38.8 Å². The van der Waals surface area contributed by atoms with Crippen LogP contribution in [0.4, 0.5) is 0 Å². The molecule has 0 unspecified atom stereocenters. The highest BCUT2D eigenvalue weighted by Gasteiger charge is 2.31. The molecule has 3 rings (SSSR count). The van der Waals surface area contributed by atoms with Gasteiger partial charge in [-0.1, -0.05) is 0 Å². The van der Waals surface area contributed by atoms with Crippen LogP contribution in [0, 0.1) is 0 Å². The molecule has 1 aromatic rings. The average Bonchev–Trinajstić information content (AvgIpc) is 2.35. The highest BCUT2D eigenvalue weighted by molar-refractivity contribution is 5.79. The highest BCUT2D eigenvalue weighted by Crippen LogP contribution is 2.47. The van der Waals surface area contributed by atoms with Crippen LogP contribution in [-0.2, 0) is 0 Å². The van der Waals surface area contributed by atoms with Gasteiger partial charge >= 0.3 is 0 Å². The molecule has 0 saturated carbocycles. The summed E-state index contributed by atoms with van der Waals surface area (Å²) in [4.78, 5) is 0. The van der Waals surface area contributed by atoms with Crippen molar-refractivity contribution in [2.75, 3.05) is 7.11 Å². The van der Waals surface area contributed by atoms with Gasteiger partial charge in [0.25, 0.3) is 0 Å². The van der Waals surface area contributed by atoms with Gasteiger partial charge in [-0.3, -0.25) is 0 Å². The van der Waals surface area contributed by atoms with Gasteiger partial charge in [0, 0.05) is 6.07 Å². The molecule has 20 heavy (non-hydrogen) atoms. The first-order valence-corrected chi connectivity index (χ1v) is 6.83. The maximum absolute atomic E-state index is 6.13. The van der Waals surface area contributed by atoms with Gasteiger partial charge < -0.3 is 14.2 Å². The molecule has 0 aliphatic carbocycles. The zero-order valence-corrected chi connectivity index (χ0v) is 12.6. The Kier molecular flexibility index (Phi) is 2.65. The Bertz CT molecular complexity index is 622. The Morgan fingerprint density at radius 3 is 2.15 bits per heavy atom. The third-order valence-electron chi connectivity index (χ3n) is 3.54. The van der Waals surface area contributed by atoms with Gasteiger partial charge in [-0.25, -0.2) is 0 Å². The molecule has 0 bridgehead atoms. The predicted octanol–water partition coefficient (Wildman–Crippen LogP) is 4.06. The molecular weight excluding hydrogens is 252 g/mol. The van der Waals surface area contributed by atoms with Crippen molar-refractivity contribution >= 4 is 12.2 Å². The van der Waals surface area contributed by atoms with E-state index >= 15 is 0 Å². The number of benzene rings is 1. The number of hydrogen-bond donors (Lipinski definition) is 0. The van der Waals surface area contributed by atoms with Gasteiger partial charge in [0.05, 0.1) is 18.2 Å². The van der Waals surface area contributed by atoms with Crippen molar-refractivity contribution < 1.29 is 14.2 Å². The molecule has 0 amide bonds. The van der Waals surface area contributed by atoms with Gasteiger partial charge in [0.1, 0.15) is 28.5 Å². The molecule has 0 saturated heterocycles. The van der Waals surface area contributed by atoms with Gasteiger partial charge in [0.2, 0.25) is 0 Å². The zero-order chi connectivity index (χ0) is 14.5. The summed E-state index contributed by atoms with van der Waals surface area (Å²) in [7, 11) is 1.67. The maximum Gasteiger partial charge on any atom is 0.142 e. The van der Waals surface area contributed by atoms with Crippen LogP contribution in [0.2, 0.25) is 0 Å². The van der Waals surface area contributed by atoms with Crippen molar-refractivity contribution in [3.8, 4) is 17.2 Å². The lowest BCUT2D eigenvalue weighted by atomic mass is 9.95. The average molecular weight is 272 g/mol. The maximum atomic E-state index is 6.13. The topological polar surface area (TPSA) is 27.7 Å². The largest absolute Gasteiger partial charge is 0.496 e. The Morgan fingerprint density at radius 1 is 0.900 bits per heavy atom. The first-order valence-electron chi connectivity index (χ1n) is 6.83. The van der Waals surface area contributed by atoms with Crippen LogP contribution in [0.5, 0.6) is 17.2 Å². The fourth-order valence-corrected chi connectivity index (χ4v) is 2.50. The number of rotatable bonds is 1. The second kappa shape index (κ2) is 4.05. The Balaban J connectivity index is 2.22. The molecule has 1 aromatic carbocycles. The van der Waals surface area contributed by atoms with Crippen molar-refractivity contribution in [2.45, 2.75) is 38.9 Å². The van der Waals surface area contributed by atoms with Crippen LogP contribution >= 0.6 is 0 Å². The molecule has 3 heteroatoms. The van der Waals surface area contributed by atoms with E-state index in [0.29, 0.717) is 0 Å². The van der Waals surface area contributed by atoms with Crippen molar-refractivity contribution in [3.63, 3.8) is 0 Å². The number of methoxy groups -OCH3 is 1. The van der Waals surface area contributed by atoms with Crippen molar-refractivity contribution in [1.29, 1.82) is 0 Å². The summed E-state index contributed by atoms with van der Waals surface area (Å²) in [6.07, 6.45) is 8.23. The lowest BCUT2D eigenvalue weighted by Gasteiger charge is -2.34. The van der Waals surface area contributed by atoms with E-state index in [9.17, 15) is 0 Å². The quantitative estimate of drug-likeness (QED) is 0.771. The van der Waals surface area contributed by atoms with E-state index in [2.05, 4.69) is 18.2 Å². The Hall–Kier alpha value is -1.90. The van der Waals surface area contributed by atoms with Crippen LogP contribution in [-0.4, -0.2) is 18.3 Å². The standard InChI is InChI=1S/C17H20O3/c1-16(2)8-7-12-14(19-16)10-13(18-5)11-6-9-17(3,4)20-15(11)12/h6-10H,1-5H3. The monoisotopic (exact) mass is 272 g/mol. The van der Waals surface area contributed by atoms with E-state index in [1.807, 2.05) is 39.8 Å².